The van der Waals surface area contributed by atoms with Crippen LogP contribution in [0.3, 0.4) is 0 Å². The van der Waals surface area contributed by atoms with E-state index < -0.39 is 0 Å². The molecular weight excluding hydrogens is 250 g/mol. The first kappa shape index (κ1) is 14.2. The molecule has 0 saturated carbocycles. The van der Waals surface area contributed by atoms with Crippen LogP contribution in [0.15, 0.2) is 36.5 Å². The van der Waals surface area contributed by atoms with Crippen LogP contribution in [0.4, 0.5) is 11.4 Å². The number of aryl methyl sites for hydroxylation is 1. The van der Waals surface area contributed by atoms with Crippen molar-refractivity contribution in [2.24, 2.45) is 0 Å². The summed E-state index contributed by atoms with van der Waals surface area (Å²) in [5.41, 5.74) is 9.67. The van der Waals surface area contributed by atoms with E-state index in [4.69, 9.17) is 10.5 Å². The molecule has 2 aromatic rings. The summed E-state index contributed by atoms with van der Waals surface area (Å²) in [7, 11) is 0. The zero-order valence-corrected chi connectivity index (χ0v) is 12.2. The molecule has 106 valence electrons. The van der Waals surface area contributed by atoms with E-state index in [-0.39, 0.29) is 6.10 Å². The summed E-state index contributed by atoms with van der Waals surface area (Å²) in [6.45, 7) is 6.67. The van der Waals surface area contributed by atoms with Crippen LogP contribution in [0, 0.1) is 6.92 Å². The van der Waals surface area contributed by atoms with E-state index in [0.717, 1.165) is 22.7 Å². The fraction of sp³-hybridized carbons (Fsp3) is 0.312. The molecule has 0 spiro atoms. The SMILES string of the molecule is Cc1ccc(CNc2cc(N)cc(OC(C)C)c2)cn1. The number of nitrogens with one attached hydrogen (secondary N) is 1. The van der Waals surface area contributed by atoms with Crippen LogP contribution < -0.4 is 15.8 Å². The summed E-state index contributed by atoms with van der Waals surface area (Å²) in [5, 5.41) is 3.33. The van der Waals surface area contributed by atoms with E-state index >= 15 is 0 Å². The Labute approximate surface area is 120 Å². The minimum Gasteiger partial charge on any atom is -0.491 e. The number of rotatable bonds is 5. The maximum atomic E-state index is 5.89. The van der Waals surface area contributed by atoms with Gasteiger partial charge in [-0.3, -0.25) is 4.98 Å². The molecule has 20 heavy (non-hydrogen) atoms. The molecule has 3 N–H and O–H groups in total. The second-order valence-corrected chi connectivity index (χ2v) is 5.12. The van der Waals surface area contributed by atoms with Crippen LogP contribution in [0.5, 0.6) is 5.75 Å². The van der Waals surface area contributed by atoms with E-state index in [9.17, 15) is 0 Å². The number of pyridine rings is 1. The van der Waals surface area contributed by atoms with Crippen LogP contribution in [0.1, 0.15) is 25.1 Å². The molecule has 2 rings (SSSR count). The first-order valence-corrected chi connectivity index (χ1v) is 6.75. The summed E-state index contributed by atoms with van der Waals surface area (Å²) in [6, 6.07) is 9.75. The molecule has 0 unspecified atom stereocenters. The number of hydrogen-bond acceptors (Lipinski definition) is 4. The normalized spacial score (nSPS) is 10.6. The molecule has 0 aliphatic rings. The summed E-state index contributed by atoms with van der Waals surface area (Å²) in [5.74, 6) is 0.782. The highest BCUT2D eigenvalue weighted by Crippen LogP contribution is 2.23. The number of nitrogens with two attached hydrogens (primary N) is 1. The fourth-order valence-corrected chi connectivity index (χ4v) is 1.87. The van der Waals surface area contributed by atoms with Crippen molar-refractivity contribution in [3.8, 4) is 5.75 Å². The Morgan fingerprint density at radius 2 is 2.05 bits per heavy atom. The van der Waals surface area contributed by atoms with E-state index in [1.165, 1.54) is 0 Å². The third-order valence-corrected chi connectivity index (χ3v) is 2.77. The highest BCUT2D eigenvalue weighted by Gasteiger charge is 2.02. The van der Waals surface area contributed by atoms with Crippen molar-refractivity contribution in [2.75, 3.05) is 11.1 Å². The molecule has 4 heteroatoms. The standard InChI is InChI=1S/C16H21N3O/c1-11(2)20-16-7-14(17)6-15(8-16)19-10-13-5-4-12(3)18-9-13/h4-9,11,19H,10,17H2,1-3H3. The van der Waals surface area contributed by atoms with Gasteiger partial charge >= 0.3 is 0 Å². The van der Waals surface area contributed by atoms with Gasteiger partial charge in [0, 0.05) is 41.9 Å². The Morgan fingerprint density at radius 1 is 1.25 bits per heavy atom. The maximum Gasteiger partial charge on any atom is 0.123 e. The van der Waals surface area contributed by atoms with Gasteiger partial charge in [-0.1, -0.05) is 6.07 Å². The minimum absolute atomic E-state index is 0.131. The van der Waals surface area contributed by atoms with Crippen molar-refractivity contribution in [2.45, 2.75) is 33.4 Å². The van der Waals surface area contributed by atoms with Gasteiger partial charge in [-0.15, -0.1) is 0 Å². The lowest BCUT2D eigenvalue weighted by molar-refractivity contribution is 0.242. The number of anilines is 2. The smallest absolute Gasteiger partial charge is 0.123 e. The van der Waals surface area contributed by atoms with Crippen molar-refractivity contribution < 1.29 is 4.74 Å². The van der Waals surface area contributed by atoms with Crippen molar-refractivity contribution in [3.63, 3.8) is 0 Å². The third kappa shape index (κ3) is 4.16. The summed E-state index contributed by atoms with van der Waals surface area (Å²) in [6.07, 6.45) is 2.01. The van der Waals surface area contributed by atoms with E-state index in [1.54, 1.807) is 0 Å². The molecule has 1 aromatic carbocycles. The topological polar surface area (TPSA) is 60.2 Å². The molecule has 0 radical (unpaired) electrons. The number of hydrogen-bond donors (Lipinski definition) is 2. The van der Waals surface area contributed by atoms with Crippen LogP contribution in [-0.2, 0) is 6.54 Å². The predicted molar refractivity (Wildman–Crippen MR) is 82.9 cm³/mol. The highest BCUT2D eigenvalue weighted by atomic mass is 16.5. The molecule has 0 aliphatic heterocycles. The van der Waals surface area contributed by atoms with Crippen molar-refractivity contribution in [1.29, 1.82) is 0 Å². The quantitative estimate of drug-likeness (QED) is 0.818. The van der Waals surface area contributed by atoms with Gasteiger partial charge in [-0.2, -0.15) is 0 Å². The van der Waals surface area contributed by atoms with Gasteiger partial charge in [0.1, 0.15) is 5.75 Å². The number of benzene rings is 1. The van der Waals surface area contributed by atoms with Gasteiger partial charge in [-0.05, 0) is 38.5 Å². The fourth-order valence-electron chi connectivity index (χ4n) is 1.87. The lowest BCUT2D eigenvalue weighted by Crippen LogP contribution is -2.07. The first-order chi connectivity index (χ1) is 9.52. The second kappa shape index (κ2) is 6.28. The van der Waals surface area contributed by atoms with Gasteiger partial charge in [0.15, 0.2) is 0 Å². The van der Waals surface area contributed by atoms with Gasteiger partial charge in [0.25, 0.3) is 0 Å². The molecule has 0 atom stereocenters. The van der Waals surface area contributed by atoms with Crippen molar-refractivity contribution in [3.05, 3.63) is 47.8 Å². The molecule has 0 amide bonds. The molecular formula is C16H21N3O. The molecule has 0 fully saturated rings. The average molecular weight is 271 g/mol. The number of nitrogens with zero attached hydrogens (tertiary/aromatic N) is 1. The van der Waals surface area contributed by atoms with E-state index in [0.29, 0.717) is 12.2 Å². The van der Waals surface area contributed by atoms with E-state index in [1.807, 2.05) is 51.2 Å². The monoisotopic (exact) mass is 271 g/mol. The number of aromatic nitrogens is 1. The lowest BCUT2D eigenvalue weighted by atomic mass is 10.2. The van der Waals surface area contributed by atoms with Crippen LogP contribution in [0.2, 0.25) is 0 Å². The Hall–Kier alpha value is -2.23. The van der Waals surface area contributed by atoms with E-state index in [2.05, 4.69) is 16.4 Å². The van der Waals surface area contributed by atoms with Crippen LogP contribution in [-0.4, -0.2) is 11.1 Å². The minimum atomic E-state index is 0.131. The Kier molecular flexibility index (Phi) is 4.45. The number of nitrogen functional groups attached to an aromatic ring is 1. The third-order valence-electron chi connectivity index (χ3n) is 2.77. The van der Waals surface area contributed by atoms with Gasteiger partial charge in [0.2, 0.25) is 0 Å². The van der Waals surface area contributed by atoms with Crippen LogP contribution in [0.25, 0.3) is 0 Å². The Morgan fingerprint density at radius 3 is 2.70 bits per heavy atom. The highest BCUT2D eigenvalue weighted by molar-refractivity contribution is 5.59. The second-order valence-electron chi connectivity index (χ2n) is 5.12. The molecule has 0 aliphatic carbocycles. The summed E-state index contributed by atoms with van der Waals surface area (Å²) < 4.78 is 5.67. The van der Waals surface area contributed by atoms with Crippen molar-refractivity contribution >= 4 is 11.4 Å². The first-order valence-electron chi connectivity index (χ1n) is 6.75. The molecule has 0 bridgehead atoms. The summed E-state index contributed by atoms with van der Waals surface area (Å²) >= 11 is 0. The number of ether oxygens (including phenoxy) is 1. The largest absolute Gasteiger partial charge is 0.491 e. The maximum absolute atomic E-state index is 5.89. The Balaban J connectivity index is 2.05. The average Bonchev–Trinajstić information content (AvgIpc) is 2.36. The zero-order chi connectivity index (χ0) is 14.5. The van der Waals surface area contributed by atoms with Crippen molar-refractivity contribution in [1.82, 2.24) is 4.98 Å². The Bertz CT molecular complexity index is 564. The molecule has 0 saturated heterocycles. The van der Waals surface area contributed by atoms with Gasteiger partial charge in [-0.25, -0.2) is 0 Å². The van der Waals surface area contributed by atoms with Crippen LogP contribution >= 0.6 is 0 Å². The molecule has 1 heterocycles. The van der Waals surface area contributed by atoms with Gasteiger partial charge < -0.3 is 15.8 Å². The van der Waals surface area contributed by atoms with Gasteiger partial charge in [0.05, 0.1) is 6.10 Å². The lowest BCUT2D eigenvalue weighted by Gasteiger charge is -2.13. The summed E-state index contributed by atoms with van der Waals surface area (Å²) in [4.78, 5) is 4.28. The molecule has 1 aromatic heterocycles. The zero-order valence-electron chi connectivity index (χ0n) is 12.2. The molecule has 4 nitrogen and oxygen atoms in total. The predicted octanol–water partition coefficient (Wildman–Crippen LogP) is 3.37.